The molecule has 0 saturated heterocycles. The second kappa shape index (κ2) is 8.11. The van der Waals surface area contributed by atoms with E-state index in [-0.39, 0.29) is 0 Å². The van der Waals surface area contributed by atoms with E-state index in [2.05, 4.69) is 0 Å². The van der Waals surface area contributed by atoms with Crippen molar-refractivity contribution in [2.75, 3.05) is 0 Å². The van der Waals surface area contributed by atoms with E-state index in [9.17, 15) is 14.4 Å². The molecule has 0 fully saturated rings. The summed E-state index contributed by atoms with van der Waals surface area (Å²) in [6, 6.07) is 0. The summed E-state index contributed by atoms with van der Waals surface area (Å²) in [7, 11) is 0. The molecular weight excluding hydrogens is 396 g/mol. The van der Waals surface area contributed by atoms with E-state index >= 15 is 0 Å². The van der Waals surface area contributed by atoms with E-state index in [0.29, 0.717) is 6.42 Å². The van der Waals surface area contributed by atoms with E-state index in [4.69, 9.17) is 29.2 Å². The molecule has 2 aliphatic rings. The van der Waals surface area contributed by atoms with Crippen molar-refractivity contribution in [1.82, 2.24) is 0 Å². The third kappa shape index (κ3) is 3.40. The van der Waals surface area contributed by atoms with E-state index in [1.807, 2.05) is 31.6 Å². The zero-order valence-corrected chi connectivity index (χ0v) is 17.6. The number of terminal acetylenes is 3. The molecule has 6 nitrogen and oxygen atoms in total. The zero-order valence-electron chi connectivity index (χ0n) is 16.0. The predicted octanol–water partition coefficient (Wildman–Crippen LogP) is 2.81. The Balaban J connectivity index is 2.80. The zero-order chi connectivity index (χ0) is 21.1. The molecule has 2 rings (SSSR count). The Hall–Kier alpha value is -2.72. The van der Waals surface area contributed by atoms with Gasteiger partial charge in [0.05, 0.1) is 0 Å². The fourth-order valence-electron chi connectivity index (χ4n) is 3.94. The van der Waals surface area contributed by atoms with Gasteiger partial charge >= 0.3 is 169 Å². The number of carbonyl (C=O) groups is 3. The molecule has 28 heavy (non-hydrogen) atoms. The molecular formula is C21H20O6Ti. The van der Waals surface area contributed by atoms with Crippen LogP contribution >= 0.6 is 0 Å². The van der Waals surface area contributed by atoms with Crippen LogP contribution in [0.2, 0.25) is 3.72 Å². The normalized spacial score (nSPS) is 21.0. The van der Waals surface area contributed by atoms with Crippen molar-refractivity contribution in [1.29, 1.82) is 0 Å². The molecule has 1 unspecified atom stereocenters. The van der Waals surface area contributed by atoms with E-state index < -0.39 is 39.4 Å². The number of hydrogen-bond acceptors (Lipinski definition) is 6. The van der Waals surface area contributed by atoms with Gasteiger partial charge in [-0.3, -0.25) is 0 Å². The van der Waals surface area contributed by atoms with Crippen molar-refractivity contribution in [2.45, 2.75) is 50.2 Å². The molecule has 0 aromatic rings. The van der Waals surface area contributed by atoms with Crippen LogP contribution in [-0.2, 0) is 42.1 Å². The summed E-state index contributed by atoms with van der Waals surface area (Å²) in [6.07, 6.45) is 18.9. The first-order valence-corrected chi connectivity index (χ1v) is 11.4. The summed E-state index contributed by atoms with van der Waals surface area (Å²) < 4.78 is 15.2. The van der Waals surface area contributed by atoms with Gasteiger partial charge in [0.15, 0.2) is 0 Å². The molecule has 0 heterocycles. The minimum atomic E-state index is -5.24. The molecule has 0 bridgehead atoms. The van der Waals surface area contributed by atoms with Crippen molar-refractivity contribution in [3.05, 3.63) is 22.3 Å². The van der Waals surface area contributed by atoms with Gasteiger partial charge in [-0.15, -0.1) is 0 Å². The van der Waals surface area contributed by atoms with Crippen molar-refractivity contribution >= 4 is 17.9 Å². The Morgan fingerprint density at radius 3 is 1.75 bits per heavy atom. The van der Waals surface area contributed by atoms with Crippen LogP contribution in [0.25, 0.3) is 0 Å². The molecule has 144 valence electrons. The summed E-state index contributed by atoms with van der Waals surface area (Å²) in [5.74, 6) is 2.07. The number of hydrogen-bond donors (Lipinski definition) is 0. The quantitative estimate of drug-likeness (QED) is 0.518. The third-order valence-electron chi connectivity index (χ3n) is 5.48. The van der Waals surface area contributed by atoms with Crippen LogP contribution in [0.15, 0.2) is 22.3 Å². The minimum absolute atomic E-state index is 0.669. The Kier molecular flexibility index (Phi) is 6.25. The van der Waals surface area contributed by atoms with Crippen LogP contribution in [-0.4, -0.2) is 17.9 Å². The molecule has 0 spiro atoms. The van der Waals surface area contributed by atoms with Gasteiger partial charge < -0.3 is 0 Å². The number of rotatable bonds is 4. The molecule has 0 aliphatic heterocycles. The molecule has 0 aromatic carbocycles. The Labute approximate surface area is 169 Å². The van der Waals surface area contributed by atoms with E-state index in [0.717, 1.165) is 41.6 Å². The SMILES string of the molecule is C#CC(=O)[O][Ti]([O]C(=O)C#C)([O]C(=O)C#C)[C]1(C)C(C)=C(C)C2=C1CCCC2. The maximum absolute atomic E-state index is 12.1. The van der Waals surface area contributed by atoms with Gasteiger partial charge in [-0.1, -0.05) is 0 Å². The average molecular weight is 416 g/mol. The van der Waals surface area contributed by atoms with Gasteiger partial charge in [-0.25, -0.2) is 0 Å². The summed E-state index contributed by atoms with van der Waals surface area (Å²) in [6.45, 7) is 5.49. The standard InChI is InChI=1S/C12H17.3C3H2O2.Ti/c1-8-9(2)11-6-4-5-7-12(11)10(8)3;3*1-2-3(4)5;/h4-7H2,1-3H3;3*1H,(H,4,5);/q;;;;+3/p-3. The van der Waals surface area contributed by atoms with Gasteiger partial charge in [0.1, 0.15) is 0 Å². The Morgan fingerprint density at radius 2 is 1.32 bits per heavy atom. The van der Waals surface area contributed by atoms with E-state index in [1.165, 1.54) is 0 Å². The Morgan fingerprint density at radius 1 is 0.893 bits per heavy atom. The van der Waals surface area contributed by atoms with Crippen LogP contribution in [0.5, 0.6) is 0 Å². The molecule has 0 aromatic heterocycles. The predicted molar refractivity (Wildman–Crippen MR) is 97.0 cm³/mol. The molecule has 2 aliphatic carbocycles. The molecule has 0 amide bonds. The number of carbonyl (C=O) groups excluding carboxylic acids is 3. The monoisotopic (exact) mass is 416 g/mol. The van der Waals surface area contributed by atoms with Crippen molar-refractivity contribution < 1.29 is 42.1 Å². The summed E-state index contributed by atoms with van der Waals surface area (Å²) in [5, 5.41) is 0. The van der Waals surface area contributed by atoms with Gasteiger partial charge in [0, 0.05) is 0 Å². The van der Waals surface area contributed by atoms with Crippen LogP contribution in [0, 0.1) is 37.0 Å². The summed E-state index contributed by atoms with van der Waals surface area (Å²) >= 11 is -5.24. The van der Waals surface area contributed by atoms with Gasteiger partial charge in [-0.05, 0) is 0 Å². The fourth-order valence-corrected chi connectivity index (χ4v) is 8.53. The van der Waals surface area contributed by atoms with Crippen LogP contribution in [0.4, 0.5) is 0 Å². The molecule has 0 N–H and O–H groups in total. The van der Waals surface area contributed by atoms with Crippen molar-refractivity contribution in [2.24, 2.45) is 0 Å². The summed E-state index contributed by atoms with van der Waals surface area (Å²) in [4.78, 5) is 36.3. The van der Waals surface area contributed by atoms with Gasteiger partial charge in [0.2, 0.25) is 0 Å². The third-order valence-corrected chi connectivity index (χ3v) is 10.6. The van der Waals surface area contributed by atoms with Gasteiger partial charge in [-0.2, -0.15) is 0 Å². The topological polar surface area (TPSA) is 78.9 Å². The van der Waals surface area contributed by atoms with Crippen LogP contribution in [0.1, 0.15) is 46.5 Å². The first-order valence-electron chi connectivity index (χ1n) is 8.66. The molecule has 0 radical (unpaired) electrons. The van der Waals surface area contributed by atoms with E-state index in [1.54, 1.807) is 6.92 Å². The first-order chi connectivity index (χ1) is 13.2. The Bertz CT molecular complexity index is 864. The second-order valence-electron chi connectivity index (χ2n) is 6.70. The first kappa shape index (κ1) is 21.6. The van der Waals surface area contributed by atoms with Crippen molar-refractivity contribution in [3.8, 4) is 37.0 Å². The fraction of sp³-hybridized carbons (Fsp3) is 0.381. The van der Waals surface area contributed by atoms with Crippen molar-refractivity contribution in [3.63, 3.8) is 0 Å². The van der Waals surface area contributed by atoms with Crippen LogP contribution in [0.3, 0.4) is 0 Å². The van der Waals surface area contributed by atoms with Crippen LogP contribution < -0.4 is 0 Å². The average Bonchev–Trinajstić information content (AvgIpc) is 2.90. The number of allylic oxidation sites excluding steroid dienone is 4. The summed E-state index contributed by atoms with van der Waals surface area (Å²) in [5.41, 5.74) is 3.76. The van der Waals surface area contributed by atoms with Gasteiger partial charge in [0.25, 0.3) is 0 Å². The maximum atomic E-state index is 12.1. The second-order valence-corrected chi connectivity index (χ2v) is 11.0. The molecule has 7 heteroatoms. The molecule has 1 atom stereocenters. The molecule has 0 saturated carbocycles.